The van der Waals surface area contributed by atoms with Crippen molar-refractivity contribution >= 4 is 17.8 Å². The maximum Gasteiger partial charge on any atom is 0.322 e. The molecular weight excluding hydrogens is 600 g/mol. The fourth-order valence-corrected chi connectivity index (χ4v) is 13.3. The average molecular weight is 669 g/mol. The minimum atomic E-state index is -1.02. The molecule has 0 aromatic rings. The van der Waals surface area contributed by atoms with Crippen LogP contribution in [0.1, 0.15) is 151 Å². The SMILES string of the molecule is C=C(C)[C@@H]1CC[C@]2(C(=O)NCCCCCCCCC(=O)NCC(=O)O)CC[C@]3(C)[C@H](CCC4[C@@]5(C)CC[C@H](O)C(C)(C)[C@@H]5CC[C@]43C)[C@@H]12. The van der Waals surface area contributed by atoms with Gasteiger partial charge in [0.05, 0.1) is 11.5 Å². The third-order valence-electron chi connectivity index (χ3n) is 16.1. The molecule has 5 aliphatic rings. The first-order valence-corrected chi connectivity index (χ1v) is 19.6. The Labute approximate surface area is 291 Å². The van der Waals surface area contributed by atoms with Gasteiger partial charge in [-0.2, -0.15) is 0 Å². The van der Waals surface area contributed by atoms with Crippen molar-refractivity contribution in [1.82, 2.24) is 10.6 Å². The van der Waals surface area contributed by atoms with Gasteiger partial charge in [0, 0.05) is 13.0 Å². The van der Waals surface area contributed by atoms with Crippen molar-refractivity contribution in [2.24, 2.45) is 56.7 Å². The van der Waals surface area contributed by atoms with E-state index in [4.69, 9.17) is 5.11 Å². The van der Waals surface area contributed by atoms with E-state index in [0.717, 1.165) is 83.6 Å². The third-order valence-corrected chi connectivity index (χ3v) is 16.1. The number of allylic oxidation sites excluding steroid dienone is 1. The molecule has 10 atom stereocenters. The maximum atomic E-state index is 14.3. The molecule has 0 radical (unpaired) electrons. The van der Waals surface area contributed by atoms with E-state index in [2.05, 4.69) is 58.8 Å². The molecular formula is C41H68N2O5. The number of carboxylic acids is 1. The topological polar surface area (TPSA) is 116 Å². The van der Waals surface area contributed by atoms with Crippen LogP contribution in [0, 0.1) is 56.7 Å². The van der Waals surface area contributed by atoms with Gasteiger partial charge in [-0.3, -0.25) is 14.4 Å². The molecule has 0 aliphatic heterocycles. The molecule has 0 spiro atoms. The van der Waals surface area contributed by atoms with Crippen LogP contribution in [0.2, 0.25) is 0 Å². The van der Waals surface area contributed by atoms with Gasteiger partial charge in [0.25, 0.3) is 0 Å². The second kappa shape index (κ2) is 14.0. The zero-order valence-electron chi connectivity index (χ0n) is 31.2. The van der Waals surface area contributed by atoms with E-state index in [0.29, 0.717) is 41.9 Å². The lowest BCUT2D eigenvalue weighted by Gasteiger charge is -2.72. The lowest BCUT2D eigenvalue weighted by molar-refractivity contribution is -0.246. The van der Waals surface area contributed by atoms with E-state index in [9.17, 15) is 19.5 Å². The number of carbonyl (C=O) groups excluding carboxylic acids is 2. The van der Waals surface area contributed by atoms with Crippen molar-refractivity contribution in [3.63, 3.8) is 0 Å². The maximum absolute atomic E-state index is 14.3. The number of fused-ring (bicyclic) bond motifs is 7. The molecule has 0 saturated heterocycles. The van der Waals surface area contributed by atoms with Gasteiger partial charge in [0.15, 0.2) is 0 Å². The highest BCUT2D eigenvalue weighted by Gasteiger charge is 2.71. The Bertz CT molecular complexity index is 1230. The number of hydrogen-bond donors (Lipinski definition) is 4. The normalized spacial score (nSPS) is 41.2. The van der Waals surface area contributed by atoms with Crippen LogP contribution in [0.15, 0.2) is 12.2 Å². The Morgan fingerprint density at radius 3 is 2.12 bits per heavy atom. The first-order valence-electron chi connectivity index (χ1n) is 19.6. The number of nitrogens with one attached hydrogen (secondary N) is 2. The van der Waals surface area contributed by atoms with Crippen molar-refractivity contribution in [3.8, 4) is 0 Å². The predicted molar refractivity (Wildman–Crippen MR) is 191 cm³/mol. The minimum Gasteiger partial charge on any atom is -0.480 e. The van der Waals surface area contributed by atoms with E-state index in [1.54, 1.807) is 0 Å². The van der Waals surface area contributed by atoms with Crippen LogP contribution in [0.5, 0.6) is 0 Å². The van der Waals surface area contributed by atoms with Crippen molar-refractivity contribution in [2.75, 3.05) is 13.1 Å². The van der Waals surface area contributed by atoms with E-state index in [-0.39, 0.29) is 45.6 Å². The van der Waals surface area contributed by atoms with Crippen LogP contribution in [-0.4, -0.2) is 47.2 Å². The van der Waals surface area contributed by atoms with Gasteiger partial charge in [0.1, 0.15) is 6.54 Å². The number of unbranched alkanes of at least 4 members (excludes halogenated alkanes) is 5. The van der Waals surface area contributed by atoms with Crippen molar-refractivity contribution in [1.29, 1.82) is 0 Å². The summed E-state index contributed by atoms with van der Waals surface area (Å²) in [5.74, 6) is 1.64. The highest BCUT2D eigenvalue weighted by molar-refractivity contribution is 5.84. The lowest BCUT2D eigenvalue weighted by atomic mass is 9.32. The monoisotopic (exact) mass is 669 g/mol. The summed E-state index contributed by atoms with van der Waals surface area (Å²) < 4.78 is 0. The summed E-state index contributed by atoms with van der Waals surface area (Å²) in [6.07, 6.45) is 17.2. The summed E-state index contributed by atoms with van der Waals surface area (Å²) in [5, 5.41) is 25.6. The fraction of sp³-hybridized carbons (Fsp3) is 0.878. The molecule has 1 unspecified atom stereocenters. The quantitative estimate of drug-likeness (QED) is 0.117. The summed E-state index contributed by atoms with van der Waals surface area (Å²) in [6.45, 7) is 19.7. The van der Waals surface area contributed by atoms with E-state index in [1.165, 1.54) is 31.3 Å². The molecule has 7 nitrogen and oxygen atoms in total. The van der Waals surface area contributed by atoms with Gasteiger partial charge < -0.3 is 20.8 Å². The molecule has 4 N–H and O–H groups in total. The lowest BCUT2D eigenvalue weighted by Crippen LogP contribution is -2.67. The van der Waals surface area contributed by atoms with Crippen LogP contribution >= 0.6 is 0 Å². The number of aliphatic carboxylic acids is 1. The third kappa shape index (κ3) is 6.30. The van der Waals surface area contributed by atoms with Gasteiger partial charge in [-0.25, -0.2) is 0 Å². The Morgan fingerprint density at radius 2 is 1.44 bits per heavy atom. The zero-order chi connectivity index (χ0) is 35.1. The standard InChI is InChI=1S/C41H68N2O5/c1-27(2)28-17-22-41(36(48)42-25-13-11-9-8-10-12-14-33(45)43-26-34(46)47)24-23-39(6)29(35(28)41)15-16-31-38(5)20-19-32(44)37(3,4)30(38)18-21-40(31,39)7/h28-32,35,44H,1,8-26H2,2-7H3,(H,42,48)(H,43,45)(H,46,47)/t28-,29+,30-,31?,32-,35+,38-,39+,40+,41-/m0/s1. The first-order chi connectivity index (χ1) is 22.5. The molecule has 5 fully saturated rings. The Morgan fingerprint density at radius 1 is 0.750 bits per heavy atom. The largest absolute Gasteiger partial charge is 0.480 e. The molecule has 2 amide bonds. The van der Waals surface area contributed by atoms with E-state index < -0.39 is 5.97 Å². The number of rotatable bonds is 13. The molecule has 0 bridgehead atoms. The second-order valence-electron chi connectivity index (χ2n) is 18.5. The van der Waals surface area contributed by atoms with Crippen LogP contribution < -0.4 is 10.6 Å². The molecule has 0 aromatic heterocycles. The molecule has 5 rings (SSSR count). The van der Waals surface area contributed by atoms with E-state index >= 15 is 0 Å². The fourth-order valence-electron chi connectivity index (χ4n) is 13.3. The molecule has 48 heavy (non-hydrogen) atoms. The van der Waals surface area contributed by atoms with Crippen LogP contribution in [0.25, 0.3) is 0 Å². The van der Waals surface area contributed by atoms with Gasteiger partial charge in [-0.05, 0) is 135 Å². The summed E-state index contributed by atoms with van der Waals surface area (Å²) in [7, 11) is 0. The minimum absolute atomic E-state index is 0.0367. The number of carbonyl (C=O) groups is 3. The number of hydrogen-bond acceptors (Lipinski definition) is 4. The van der Waals surface area contributed by atoms with Crippen molar-refractivity contribution in [2.45, 2.75) is 157 Å². The van der Waals surface area contributed by atoms with Gasteiger partial charge in [-0.1, -0.05) is 72.5 Å². The van der Waals surface area contributed by atoms with Crippen molar-refractivity contribution < 1.29 is 24.6 Å². The van der Waals surface area contributed by atoms with E-state index in [1.807, 2.05) is 0 Å². The van der Waals surface area contributed by atoms with Crippen LogP contribution in [0.4, 0.5) is 0 Å². The predicted octanol–water partition coefficient (Wildman–Crippen LogP) is 8.05. The smallest absolute Gasteiger partial charge is 0.322 e. The second-order valence-corrected chi connectivity index (χ2v) is 18.5. The molecule has 272 valence electrons. The number of aliphatic hydroxyl groups excluding tert-OH is 1. The highest BCUT2D eigenvalue weighted by atomic mass is 16.4. The highest BCUT2D eigenvalue weighted by Crippen LogP contribution is 2.77. The van der Waals surface area contributed by atoms with Gasteiger partial charge in [-0.15, -0.1) is 0 Å². The van der Waals surface area contributed by atoms with Crippen molar-refractivity contribution in [3.05, 3.63) is 12.2 Å². The van der Waals surface area contributed by atoms with Gasteiger partial charge in [0.2, 0.25) is 11.8 Å². The Hall–Kier alpha value is -1.89. The molecule has 0 aromatic carbocycles. The first kappa shape index (κ1) is 37.4. The molecule has 0 heterocycles. The number of aliphatic hydroxyl groups is 1. The summed E-state index contributed by atoms with van der Waals surface area (Å²) in [5.41, 5.74) is 1.65. The summed E-state index contributed by atoms with van der Waals surface area (Å²) in [4.78, 5) is 36.6. The Balaban J connectivity index is 1.20. The van der Waals surface area contributed by atoms with Gasteiger partial charge >= 0.3 is 5.97 Å². The molecule has 5 saturated carbocycles. The molecule has 5 aliphatic carbocycles. The number of amides is 2. The van der Waals surface area contributed by atoms with Crippen LogP contribution in [-0.2, 0) is 14.4 Å². The molecule has 7 heteroatoms. The number of carboxylic acid groups (broad SMARTS) is 1. The summed E-state index contributed by atoms with van der Waals surface area (Å²) >= 11 is 0. The Kier molecular flexibility index (Phi) is 10.9. The van der Waals surface area contributed by atoms with Crippen LogP contribution in [0.3, 0.4) is 0 Å². The summed E-state index contributed by atoms with van der Waals surface area (Å²) in [6, 6.07) is 0. The average Bonchev–Trinajstić information content (AvgIpc) is 3.43. The zero-order valence-corrected chi connectivity index (χ0v) is 31.2.